The van der Waals surface area contributed by atoms with Gasteiger partial charge >= 0.3 is 50.4 Å². The van der Waals surface area contributed by atoms with Gasteiger partial charge in [0.1, 0.15) is 0 Å². The number of hydrogen-bond donors (Lipinski definition) is 2. The third-order valence-corrected chi connectivity index (χ3v) is 3.94. The fourth-order valence-corrected chi connectivity index (χ4v) is 2.57. The van der Waals surface area contributed by atoms with Crippen LogP contribution in [0.5, 0.6) is 0 Å². The first-order valence-electron chi connectivity index (χ1n) is 8.47. The van der Waals surface area contributed by atoms with Crippen LogP contribution in [-0.2, 0) is 29.2 Å². The third-order valence-electron chi connectivity index (χ3n) is 3.06. The molecule has 0 spiro atoms. The van der Waals surface area contributed by atoms with Crippen molar-refractivity contribution in [1.29, 1.82) is 0 Å². The molecule has 0 aromatic carbocycles. The van der Waals surface area contributed by atoms with Crippen molar-refractivity contribution in [2.24, 2.45) is 0 Å². The second-order valence-electron chi connectivity index (χ2n) is 5.43. The fraction of sp³-hybridized carbons (Fsp3) is 0.867. The topological polar surface area (TPSA) is 127 Å². The van der Waals surface area contributed by atoms with Crippen LogP contribution in [0, 0.1) is 0 Å². The van der Waals surface area contributed by atoms with Crippen molar-refractivity contribution in [3.05, 3.63) is 12.7 Å². The minimum absolute atomic E-state index is 0. The maximum absolute atomic E-state index is 11.2. The van der Waals surface area contributed by atoms with E-state index in [1.165, 1.54) is 51.0 Å². The molecule has 2 N–H and O–H groups in total. The Morgan fingerprint density at radius 3 is 1.58 bits per heavy atom. The molecule has 8 nitrogen and oxygen atoms in total. The molecule has 0 rings (SSSR count). The quantitative estimate of drug-likeness (QED) is 0.176. The summed E-state index contributed by atoms with van der Waals surface area (Å²) in [7, 11) is -8.49. The van der Waals surface area contributed by atoms with Gasteiger partial charge in [0, 0.05) is 0 Å². The summed E-state index contributed by atoms with van der Waals surface area (Å²) in [6.45, 7) is 5.77. The fourth-order valence-electron chi connectivity index (χ4n) is 1.92. The molecule has 0 fully saturated rings. The summed E-state index contributed by atoms with van der Waals surface area (Å²) >= 11 is 0. The van der Waals surface area contributed by atoms with Crippen LogP contribution in [0.4, 0.5) is 0 Å². The van der Waals surface area contributed by atoms with E-state index in [1.54, 1.807) is 0 Å². The van der Waals surface area contributed by atoms with Crippen molar-refractivity contribution in [3.8, 4) is 0 Å². The van der Waals surface area contributed by atoms with Crippen LogP contribution in [0.15, 0.2) is 12.7 Å². The molecule has 26 heavy (non-hydrogen) atoms. The Morgan fingerprint density at radius 1 is 0.808 bits per heavy atom. The van der Waals surface area contributed by atoms with Gasteiger partial charge in [-0.05, 0) is 6.42 Å². The van der Waals surface area contributed by atoms with E-state index in [4.69, 9.17) is 21.7 Å². The molecular formula is C15H33NaO8S2. The van der Waals surface area contributed by atoms with Gasteiger partial charge in [-0.2, -0.15) is 16.8 Å². The van der Waals surface area contributed by atoms with Crippen molar-refractivity contribution in [2.75, 3.05) is 13.2 Å². The van der Waals surface area contributed by atoms with E-state index in [-0.39, 0.29) is 42.8 Å². The maximum atomic E-state index is 11.2. The molecule has 11 heteroatoms. The first-order valence-corrected chi connectivity index (χ1v) is 11.2. The van der Waals surface area contributed by atoms with E-state index in [1.807, 2.05) is 0 Å². The van der Waals surface area contributed by atoms with Crippen molar-refractivity contribution < 1.29 is 34.3 Å². The monoisotopic (exact) mass is 428 g/mol. The van der Waals surface area contributed by atoms with Crippen LogP contribution in [0.2, 0.25) is 0 Å². The van der Waals surface area contributed by atoms with Crippen LogP contribution < -0.4 is 0 Å². The van der Waals surface area contributed by atoms with Gasteiger partial charge in [-0.25, -0.2) is 8.37 Å². The predicted molar refractivity (Wildman–Crippen MR) is 104 cm³/mol. The Balaban J connectivity index is -0.000000772. The predicted octanol–water partition coefficient (Wildman–Crippen LogP) is 3.07. The number of hydrogen-bond acceptors (Lipinski definition) is 6. The Labute approximate surface area is 180 Å². The van der Waals surface area contributed by atoms with E-state index in [9.17, 15) is 8.42 Å². The van der Waals surface area contributed by atoms with Crippen molar-refractivity contribution in [1.82, 2.24) is 0 Å². The molecule has 0 heterocycles. The normalized spacial score (nSPS) is 11.2. The molecule has 0 saturated carbocycles. The summed E-state index contributed by atoms with van der Waals surface area (Å²) in [5.41, 5.74) is 0. The molecule has 0 bridgehead atoms. The van der Waals surface area contributed by atoms with Crippen molar-refractivity contribution >= 4 is 50.4 Å². The van der Waals surface area contributed by atoms with E-state index in [2.05, 4.69) is 17.7 Å². The zero-order chi connectivity index (χ0) is 19.6. The molecule has 0 saturated heterocycles. The Hall–Kier alpha value is 0.480. The molecule has 0 aliphatic heterocycles. The van der Waals surface area contributed by atoms with Gasteiger partial charge in [-0.15, -0.1) is 6.58 Å². The third kappa shape index (κ3) is 35.6. The van der Waals surface area contributed by atoms with Gasteiger partial charge in [-0.3, -0.25) is 9.11 Å². The SMILES string of the molecule is C=CCOS(=O)(=O)OCCCCCCCCCCCC.O=S(=O)(O)O.[NaH]. The molecule has 0 aromatic heterocycles. The number of rotatable bonds is 15. The summed E-state index contributed by atoms with van der Waals surface area (Å²) in [6, 6.07) is 0. The van der Waals surface area contributed by atoms with Crippen LogP contribution in [0.1, 0.15) is 71.1 Å². The molecule has 0 aliphatic carbocycles. The minimum atomic E-state index is -4.67. The molecule has 0 aliphatic rings. The molecule has 0 radical (unpaired) electrons. The van der Waals surface area contributed by atoms with E-state index in [0.717, 1.165) is 19.3 Å². The van der Waals surface area contributed by atoms with Gasteiger partial charge in [0.15, 0.2) is 0 Å². The van der Waals surface area contributed by atoms with Gasteiger partial charge in [0.25, 0.3) is 0 Å². The molecule has 0 unspecified atom stereocenters. The van der Waals surface area contributed by atoms with Gasteiger partial charge in [-0.1, -0.05) is 70.8 Å². The van der Waals surface area contributed by atoms with Gasteiger partial charge < -0.3 is 0 Å². The first-order chi connectivity index (χ1) is 11.6. The molecule has 0 aromatic rings. The average Bonchev–Trinajstić information content (AvgIpc) is 2.49. The van der Waals surface area contributed by atoms with Gasteiger partial charge in [0.2, 0.25) is 0 Å². The second kappa shape index (κ2) is 20.2. The summed E-state index contributed by atoms with van der Waals surface area (Å²) in [5.74, 6) is 0. The molecule has 0 atom stereocenters. The first kappa shape index (κ1) is 31.2. The van der Waals surface area contributed by atoms with Crippen LogP contribution in [0.25, 0.3) is 0 Å². The van der Waals surface area contributed by atoms with Crippen LogP contribution in [0.3, 0.4) is 0 Å². The summed E-state index contributed by atoms with van der Waals surface area (Å²) in [5, 5.41) is 0. The standard InChI is InChI=1S/C15H30O4S.Na.H2O4S.H/c1-3-5-6-7-8-9-10-11-12-13-15-19-20(16,17)18-14-4-2;;1-5(2,3)4;/h4H,2-3,5-15H2,1H3;;(H2,1,2,3,4);. The summed E-state index contributed by atoms with van der Waals surface area (Å²) in [6.07, 6.45) is 13.4. The van der Waals surface area contributed by atoms with Crippen LogP contribution in [-0.4, -0.2) is 68.7 Å². The van der Waals surface area contributed by atoms with Gasteiger partial charge in [0.05, 0.1) is 13.2 Å². The Kier molecular flexibility index (Phi) is 24.3. The van der Waals surface area contributed by atoms with Crippen molar-refractivity contribution in [3.63, 3.8) is 0 Å². The average molecular weight is 429 g/mol. The summed E-state index contributed by atoms with van der Waals surface area (Å²) in [4.78, 5) is 0. The second-order valence-corrected chi connectivity index (χ2v) is 7.62. The van der Waals surface area contributed by atoms with E-state index >= 15 is 0 Å². The Bertz CT molecular complexity index is 498. The van der Waals surface area contributed by atoms with E-state index in [0.29, 0.717) is 0 Å². The molecule has 154 valence electrons. The molecular weight excluding hydrogens is 395 g/mol. The Morgan fingerprint density at radius 2 is 1.19 bits per heavy atom. The zero-order valence-corrected chi connectivity index (χ0v) is 16.6. The zero-order valence-electron chi connectivity index (χ0n) is 14.9. The summed E-state index contributed by atoms with van der Waals surface area (Å²) < 4.78 is 63.1. The van der Waals surface area contributed by atoms with Crippen molar-refractivity contribution in [2.45, 2.75) is 71.1 Å². The van der Waals surface area contributed by atoms with Crippen LogP contribution >= 0.6 is 0 Å². The molecule has 0 amide bonds. The number of unbranched alkanes of at least 4 members (excludes halogenated alkanes) is 9. The van der Waals surface area contributed by atoms with E-state index < -0.39 is 20.8 Å².